The Bertz CT molecular complexity index is 1060. The molecule has 0 fully saturated rings. The summed E-state index contributed by atoms with van der Waals surface area (Å²) in [5, 5.41) is 0.694. The Morgan fingerprint density at radius 3 is 2.30 bits per heavy atom. The summed E-state index contributed by atoms with van der Waals surface area (Å²) in [6, 6.07) is 10.7. The predicted octanol–water partition coefficient (Wildman–Crippen LogP) is 4.30. The zero-order valence-corrected chi connectivity index (χ0v) is 18.9. The third kappa shape index (κ3) is 4.68. The smallest absolute Gasteiger partial charge is 0.337 e. The van der Waals surface area contributed by atoms with E-state index in [-0.39, 0.29) is 5.91 Å². The molecule has 7 heteroatoms. The third-order valence-corrected chi connectivity index (χ3v) is 6.13. The highest BCUT2D eigenvalue weighted by Gasteiger charge is 2.22. The van der Waals surface area contributed by atoms with Crippen molar-refractivity contribution in [1.29, 1.82) is 0 Å². The number of anilines is 1. The van der Waals surface area contributed by atoms with Gasteiger partial charge >= 0.3 is 5.97 Å². The number of ether oxygens (including phenoxy) is 1. The van der Waals surface area contributed by atoms with Gasteiger partial charge in [-0.15, -0.1) is 0 Å². The van der Waals surface area contributed by atoms with Gasteiger partial charge in [-0.3, -0.25) is 9.69 Å². The zero-order valence-electron chi connectivity index (χ0n) is 18.1. The Hall–Kier alpha value is -2.77. The minimum Gasteiger partial charge on any atom is -0.465 e. The van der Waals surface area contributed by atoms with E-state index in [2.05, 4.69) is 30.9 Å². The summed E-state index contributed by atoms with van der Waals surface area (Å²) in [7, 11) is 5.37. The average Bonchev–Trinajstić information content (AvgIpc) is 3.17. The number of esters is 1. The van der Waals surface area contributed by atoms with Crippen molar-refractivity contribution >= 4 is 38.6 Å². The second-order valence-corrected chi connectivity index (χ2v) is 8.54. The Labute approximate surface area is 181 Å². The number of nitrogens with zero attached hydrogens (tertiary/aromatic N) is 3. The molecule has 158 valence electrons. The van der Waals surface area contributed by atoms with Crippen LogP contribution in [0.5, 0.6) is 0 Å². The fourth-order valence-electron chi connectivity index (χ4n) is 3.18. The normalized spacial score (nSPS) is 11.1. The minimum absolute atomic E-state index is 0.126. The molecular formula is C23H27N3O3S. The monoisotopic (exact) mass is 425 g/mol. The fourth-order valence-corrected chi connectivity index (χ4v) is 4.23. The number of amides is 1. The average molecular weight is 426 g/mol. The van der Waals surface area contributed by atoms with Crippen LogP contribution in [0.3, 0.4) is 0 Å². The van der Waals surface area contributed by atoms with Crippen molar-refractivity contribution in [2.75, 3.05) is 39.2 Å². The molecule has 3 rings (SSSR count). The second-order valence-electron chi connectivity index (χ2n) is 7.53. The summed E-state index contributed by atoms with van der Waals surface area (Å²) >= 11 is 1.53. The van der Waals surface area contributed by atoms with E-state index in [1.54, 1.807) is 29.2 Å². The first-order valence-electron chi connectivity index (χ1n) is 9.83. The van der Waals surface area contributed by atoms with Crippen LogP contribution in [0.25, 0.3) is 10.2 Å². The lowest BCUT2D eigenvalue weighted by atomic mass is 10.1. The molecule has 0 N–H and O–H groups in total. The van der Waals surface area contributed by atoms with Gasteiger partial charge < -0.3 is 9.64 Å². The van der Waals surface area contributed by atoms with Crippen molar-refractivity contribution in [2.45, 2.75) is 20.3 Å². The fraction of sp³-hybridized carbons (Fsp3) is 0.348. The maximum Gasteiger partial charge on any atom is 0.337 e. The molecular weight excluding hydrogens is 398 g/mol. The first-order valence-corrected chi connectivity index (χ1v) is 10.6. The molecule has 1 aromatic heterocycles. The van der Waals surface area contributed by atoms with Gasteiger partial charge in [-0.05, 0) is 82.4 Å². The number of aromatic nitrogens is 1. The summed E-state index contributed by atoms with van der Waals surface area (Å²) in [4.78, 5) is 33.7. The van der Waals surface area contributed by atoms with Crippen LogP contribution < -0.4 is 4.90 Å². The number of hydrogen-bond donors (Lipinski definition) is 0. The van der Waals surface area contributed by atoms with E-state index in [4.69, 9.17) is 9.72 Å². The number of hydrogen-bond acceptors (Lipinski definition) is 6. The molecule has 0 unspecified atom stereocenters. The molecule has 0 aliphatic rings. The van der Waals surface area contributed by atoms with Crippen LogP contribution in [0.4, 0.5) is 5.13 Å². The highest BCUT2D eigenvalue weighted by Crippen LogP contribution is 2.32. The van der Waals surface area contributed by atoms with E-state index in [9.17, 15) is 9.59 Å². The number of aryl methyl sites for hydroxylation is 2. The number of thiazole rings is 1. The van der Waals surface area contributed by atoms with Crippen molar-refractivity contribution in [3.05, 3.63) is 58.7 Å². The molecule has 1 heterocycles. The number of carbonyl (C=O) groups excluding carboxylic acids is 2. The number of benzene rings is 2. The summed E-state index contributed by atoms with van der Waals surface area (Å²) in [6.45, 7) is 5.56. The molecule has 0 bridgehead atoms. The van der Waals surface area contributed by atoms with Crippen molar-refractivity contribution < 1.29 is 14.3 Å². The van der Waals surface area contributed by atoms with Crippen LogP contribution in [0.2, 0.25) is 0 Å². The van der Waals surface area contributed by atoms with Crippen molar-refractivity contribution in [3.63, 3.8) is 0 Å². The van der Waals surface area contributed by atoms with E-state index in [0.29, 0.717) is 22.8 Å². The Morgan fingerprint density at radius 2 is 1.67 bits per heavy atom. The molecule has 0 saturated heterocycles. The van der Waals surface area contributed by atoms with Gasteiger partial charge in [-0.25, -0.2) is 9.78 Å². The van der Waals surface area contributed by atoms with Gasteiger partial charge in [-0.1, -0.05) is 17.4 Å². The van der Waals surface area contributed by atoms with E-state index < -0.39 is 5.97 Å². The van der Waals surface area contributed by atoms with Crippen LogP contribution in [0.1, 0.15) is 38.3 Å². The first-order chi connectivity index (χ1) is 14.3. The number of rotatable bonds is 7. The van der Waals surface area contributed by atoms with E-state index in [0.717, 1.165) is 28.7 Å². The summed E-state index contributed by atoms with van der Waals surface area (Å²) in [5.41, 5.74) is 4.20. The third-order valence-electron chi connectivity index (χ3n) is 5.09. The standard InChI is InChI=1S/C23H27N3O3S/c1-15-7-12-19-20(16(15)2)24-23(30-19)26(14-6-13-25(3)4)21(27)17-8-10-18(11-9-17)22(28)29-5/h7-12H,6,13-14H2,1-5H3. The molecule has 0 radical (unpaired) electrons. The van der Waals surface area contributed by atoms with Crippen molar-refractivity contribution in [1.82, 2.24) is 9.88 Å². The lowest BCUT2D eigenvalue weighted by Gasteiger charge is -2.21. The highest BCUT2D eigenvalue weighted by molar-refractivity contribution is 7.22. The van der Waals surface area contributed by atoms with Gasteiger partial charge in [0.15, 0.2) is 5.13 Å². The Morgan fingerprint density at radius 1 is 1.00 bits per heavy atom. The van der Waals surface area contributed by atoms with Crippen LogP contribution in [-0.4, -0.2) is 56.1 Å². The van der Waals surface area contributed by atoms with Crippen molar-refractivity contribution in [2.24, 2.45) is 0 Å². The molecule has 1 amide bonds. The van der Waals surface area contributed by atoms with Gasteiger partial charge in [-0.2, -0.15) is 0 Å². The zero-order chi connectivity index (χ0) is 21.8. The van der Waals surface area contributed by atoms with Gasteiger partial charge in [0.05, 0.1) is 22.9 Å². The molecule has 0 aliphatic carbocycles. The molecule has 6 nitrogen and oxygen atoms in total. The van der Waals surface area contributed by atoms with E-state index in [1.165, 1.54) is 24.0 Å². The largest absolute Gasteiger partial charge is 0.465 e. The number of fused-ring (bicyclic) bond motifs is 1. The van der Waals surface area contributed by atoms with Gasteiger partial charge in [0.1, 0.15) is 0 Å². The molecule has 3 aromatic rings. The van der Waals surface area contributed by atoms with Gasteiger partial charge in [0.25, 0.3) is 5.91 Å². The Kier molecular flexibility index (Phi) is 6.84. The minimum atomic E-state index is -0.422. The van der Waals surface area contributed by atoms with Crippen LogP contribution in [0, 0.1) is 13.8 Å². The summed E-state index contributed by atoms with van der Waals surface area (Å²) < 4.78 is 5.81. The molecule has 0 saturated carbocycles. The molecule has 2 aromatic carbocycles. The second kappa shape index (κ2) is 9.36. The van der Waals surface area contributed by atoms with Crippen molar-refractivity contribution in [3.8, 4) is 0 Å². The number of carbonyl (C=O) groups is 2. The van der Waals surface area contributed by atoms with Gasteiger partial charge in [0.2, 0.25) is 0 Å². The molecule has 0 atom stereocenters. The number of methoxy groups -OCH3 is 1. The van der Waals surface area contributed by atoms with Crippen LogP contribution >= 0.6 is 11.3 Å². The maximum atomic E-state index is 13.4. The SMILES string of the molecule is COC(=O)c1ccc(C(=O)N(CCCN(C)C)c2nc3c(C)c(C)ccc3s2)cc1. The first kappa shape index (κ1) is 21.9. The Balaban J connectivity index is 1.95. The summed E-state index contributed by atoms with van der Waals surface area (Å²) in [5.74, 6) is -0.549. The van der Waals surface area contributed by atoms with Gasteiger partial charge in [0, 0.05) is 12.1 Å². The van der Waals surface area contributed by atoms with E-state index >= 15 is 0 Å². The highest BCUT2D eigenvalue weighted by atomic mass is 32.1. The summed E-state index contributed by atoms with van der Waals surface area (Å²) in [6.07, 6.45) is 0.826. The van der Waals surface area contributed by atoms with E-state index in [1.807, 2.05) is 14.1 Å². The molecule has 0 spiro atoms. The quantitative estimate of drug-likeness (QED) is 0.528. The lowest BCUT2D eigenvalue weighted by molar-refractivity contribution is 0.0600. The van der Waals surface area contributed by atoms with Crippen LogP contribution in [-0.2, 0) is 4.74 Å². The topological polar surface area (TPSA) is 62.7 Å². The van der Waals surface area contributed by atoms with Crippen LogP contribution in [0.15, 0.2) is 36.4 Å². The lowest BCUT2D eigenvalue weighted by Crippen LogP contribution is -2.33. The maximum absolute atomic E-state index is 13.4. The molecule has 0 aliphatic heterocycles. The predicted molar refractivity (Wildman–Crippen MR) is 122 cm³/mol. The molecule has 30 heavy (non-hydrogen) atoms.